The topological polar surface area (TPSA) is 126 Å². The van der Waals surface area contributed by atoms with Gasteiger partial charge < -0.3 is 26.0 Å². The minimum Gasteiger partial charge on any atom is -0.454 e. The second-order valence-corrected chi connectivity index (χ2v) is 7.73. The number of urea groups is 1. The predicted molar refractivity (Wildman–Crippen MR) is 122 cm³/mol. The summed E-state index contributed by atoms with van der Waals surface area (Å²) in [6, 6.07) is 15.6. The first-order valence-corrected chi connectivity index (χ1v) is 10.9. The third-order valence-electron chi connectivity index (χ3n) is 5.19. The van der Waals surface area contributed by atoms with E-state index >= 15 is 0 Å². The van der Waals surface area contributed by atoms with Gasteiger partial charge in [-0.25, -0.2) is 4.79 Å². The van der Waals surface area contributed by atoms with Gasteiger partial charge in [0.1, 0.15) is 6.54 Å². The highest BCUT2D eigenvalue weighted by Crippen LogP contribution is 2.20. The van der Waals surface area contributed by atoms with Crippen LogP contribution < -0.4 is 21.3 Å². The van der Waals surface area contributed by atoms with Crippen LogP contribution in [0.2, 0.25) is 0 Å². The zero-order chi connectivity index (χ0) is 23.5. The number of esters is 1. The van der Waals surface area contributed by atoms with Gasteiger partial charge in [-0.3, -0.25) is 14.4 Å². The van der Waals surface area contributed by atoms with E-state index in [4.69, 9.17) is 4.74 Å². The van der Waals surface area contributed by atoms with Crippen LogP contribution in [0.4, 0.5) is 10.5 Å². The van der Waals surface area contributed by atoms with Gasteiger partial charge in [-0.1, -0.05) is 55.3 Å². The number of anilines is 1. The fourth-order valence-electron chi connectivity index (χ4n) is 3.50. The number of nitrogens with one attached hydrogen (secondary N) is 4. The first-order chi connectivity index (χ1) is 16.0. The van der Waals surface area contributed by atoms with Crippen molar-refractivity contribution in [3.63, 3.8) is 0 Å². The van der Waals surface area contributed by atoms with E-state index < -0.39 is 24.5 Å². The molecular formula is C24H28N4O5. The molecule has 0 aromatic heterocycles. The van der Waals surface area contributed by atoms with Gasteiger partial charge in [0.2, 0.25) is 0 Å². The SMILES string of the molecule is O=C(COC(=O)CNC(=O)NCc1ccccc1)Nc1ccccc1C(=O)NC1CCCC1. The van der Waals surface area contributed by atoms with Crippen LogP contribution in [-0.4, -0.2) is 43.0 Å². The summed E-state index contributed by atoms with van der Waals surface area (Å²) >= 11 is 0. The summed E-state index contributed by atoms with van der Waals surface area (Å²) < 4.78 is 4.90. The number of carbonyl (C=O) groups excluding carboxylic acids is 4. The predicted octanol–water partition coefficient (Wildman–Crippen LogP) is 2.34. The minimum atomic E-state index is -0.757. The van der Waals surface area contributed by atoms with Crippen molar-refractivity contribution < 1.29 is 23.9 Å². The second kappa shape index (κ2) is 12.2. The van der Waals surface area contributed by atoms with Gasteiger partial charge in [-0.2, -0.15) is 0 Å². The highest BCUT2D eigenvalue weighted by Gasteiger charge is 2.20. The Hall–Kier alpha value is -3.88. The lowest BCUT2D eigenvalue weighted by molar-refractivity contribution is -0.146. The highest BCUT2D eigenvalue weighted by molar-refractivity contribution is 6.04. The first kappa shape index (κ1) is 23.8. The van der Waals surface area contributed by atoms with Gasteiger partial charge in [-0.15, -0.1) is 0 Å². The Bertz CT molecular complexity index is 974. The van der Waals surface area contributed by atoms with E-state index in [9.17, 15) is 19.2 Å². The molecule has 0 spiro atoms. The highest BCUT2D eigenvalue weighted by atomic mass is 16.5. The van der Waals surface area contributed by atoms with E-state index in [1.54, 1.807) is 24.3 Å². The van der Waals surface area contributed by atoms with Crippen molar-refractivity contribution in [2.24, 2.45) is 0 Å². The third kappa shape index (κ3) is 7.95. The Morgan fingerprint density at radius 1 is 0.879 bits per heavy atom. The molecule has 0 atom stereocenters. The molecule has 1 aliphatic carbocycles. The summed E-state index contributed by atoms with van der Waals surface area (Å²) in [7, 11) is 0. The smallest absolute Gasteiger partial charge is 0.325 e. The zero-order valence-corrected chi connectivity index (χ0v) is 18.3. The molecule has 9 heteroatoms. The molecule has 1 saturated carbocycles. The normalized spacial score (nSPS) is 13.1. The van der Waals surface area contributed by atoms with Crippen LogP contribution in [0, 0.1) is 0 Å². The van der Waals surface area contributed by atoms with Crippen molar-refractivity contribution in [3.8, 4) is 0 Å². The first-order valence-electron chi connectivity index (χ1n) is 10.9. The van der Waals surface area contributed by atoms with Crippen LogP contribution in [0.1, 0.15) is 41.6 Å². The van der Waals surface area contributed by atoms with Gasteiger partial charge in [0, 0.05) is 12.6 Å². The number of hydrogen-bond donors (Lipinski definition) is 4. The Labute approximate surface area is 192 Å². The monoisotopic (exact) mass is 452 g/mol. The summed E-state index contributed by atoms with van der Waals surface area (Å²) in [5.41, 5.74) is 1.61. The molecule has 1 fully saturated rings. The summed E-state index contributed by atoms with van der Waals surface area (Å²) in [6.45, 7) is -0.600. The van der Waals surface area contributed by atoms with Crippen molar-refractivity contribution in [1.29, 1.82) is 0 Å². The second-order valence-electron chi connectivity index (χ2n) is 7.73. The van der Waals surface area contributed by atoms with Crippen LogP contribution >= 0.6 is 0 Å². The number of rotatable bonds is 9. The molecule has 0 bridgehead atoms. The van der Waals surface area contributed by atoms with E-state index in [-0.39, 0.29) is 18.5 Å². The Kier molecular flexibility index (Phi) is 8.81. The molecule has 174 valence electrons. The Morgan fingerprint density at radius 3 is 2.33 bits per heavy atom. The number of para-hydroxylation sites is 1. The molecular weight excluding hydrogens is 424 g/mol. The lowest BCUT2D eigenvalue weighted by atomic mass is 10.1. The molecule has 0 radical (unpaired) electrons. The molecule has 0 heterocycles. The van der Waals surface area contributed by atoms with Crippen molar-refractivity contribution >= 4 is 29.5 Å². The van der Waals surface area contributed by atoms with E-state index in [0.29, 0.717) is 17.8 Å². The van der Waals surface area contributed by atoms with Crippen molar-refractivity contribution in [1.82, 2.24) is 16.0 Å². The molecule has 9 nitrogen and oxygen atoms in total. The number of hydrogen-bond acceptors (Lipinski definition) is 5. The quantitative estimate of drug-likeness (QED) is 0.435. The zero-order valence-electron chi connectivity index (χ0n) is 18.3. The largest absolute Gasteiger partial charge is 0.454 e. The molecule has 4 amide bonds. The molecule has 2 aromatic carbocycles. The van der Waals surface area contributed by atoms with Crippen LogP contribution in [0.15, 0.2) is 54.6 Å². The summed E-state index contributed by atoms with van der Waals surface area (Å²) in [4.78, 5) is 48.4. The van der Waals surface area contributed by atoms with Gasteiger partial charge >= 0.3 is 12.0 Å². The molecule has 33 heavy (non-hydrogen) atoms. The Morgan fingerprint density at radius 2 is 1.58 bits per heavy atom. The fourth-order valence-corrected chi connectivity index (χ4v) is 3.50. The number of benzene rings is 2. The number of ether oxygens (including phenoxy) is 1. The standard InChI is InChI=1S/C24H28N4O5/c29-21(16-33-22(30)15-26-24(32)25-14-17-8-2-1-3-9-17)28-20-13-7-6-12-19(20)23(31)27-18-10-4-5-11-18/h1-3,6-9,12-13,18H,4-5,10-11,14-16H2,(H,27,31)(H,28,29)(H2,25,26,32). The van der Waals surface area contributed by atoms with Gasteiger partial charge in [0.25, 0.3) is 11.8 Å². The number of carbonyl (C=O) groups is 4. The molecule has 2 aromatic rings. The van der Waals surface area contributed by atoms with Crippen molar-refractivity contribution in [2.75, 3.05) is 18.5 Å². The maximum absolute atomic E-state index is 12.6. The van der Waals surface area contributed by atoms with Crippen LogP contribution in [-0.2, 0) is 20.9 Å². The van der Waals surface area contributed by atoms with E-state index in [2.05, 4.69) is 21.3 Å². The van der Waals surface area contributed by atoms with E-state index in [1.165, 1.54) is 0 Å². The van der Waals surface area contributed by atoms with E-state index in [0.717, 1.165) is 31.2 Å². The lowest BCUT2D eigenvalue weighted by Gasteiger charge is -2.15. The molecule has 1 aliphatic rings. The van der Waals surface area contributed by atoms with Gasteiger partial charge in [-0.05, 0) is 30.5 Å². The average molecular weight is 453 g/mol. The average Bonchev–Trinajstić information content (AvgIpc) is 3.34. The van der Waals surface area contributed by atoms with E-state index in [1.807, 2.05) is 30.3 Å². The van der Waals surface area contributed by atoms with Crippen molar-refractivity contribution in [3.05, 3.63) is 65.7 Å². The summed E-state index contributed by atoms with van der Waals surface area (Å²) in [5.74, 6) is -1.59. The fraction of sp³-hybridized carbons (Fsp3) is 0.333. The van der Waals surface area contributed by atoms with Gasteiger partial charge in [0.15, 0.2) is 6.61 Å². The minimum absolute atomic E-state index is 0.152. The Balaban J connectivity index is 1.38. The number of amides is 4. The van der Waals surface area contributed by atoms with Crippen LogP contribution in [0.3, 0.4) is 0 Å². The molecule has 4 N–H and O–H groups in total. The van der Waals surface area contributed by atoms with Crippen molar-refractivity contribution in [2.45, 2.75) is 38.3 Å². The lowest BCUT2D eigenvalue weighted by Crippen LogP contribution is -2.39. The van der Waals surface area contributed by atoms with Gasteiger partial charge in [0.05, 0.1) is 11.3 Å². The van der Waals surface area contributed by atoms with Crippen LogP contribution in [0.25, 0.3) is 0 Å². The maximum Gasteiger partial charge on any atom is 0.325 e. The maximum atomic E-state index is 12.6. The molecule has 3 rings (SSSR count). The summed E-state index contributed by atoms with van der Waals surface area (Å²) in [5, 5.41) is 10.6. The summed E-state index contributed by atoms with van der Waals surface area (Å²) in [6.07, 6.45) is 4.10. The molecule has 0 saturated heterocycles. The molecule has 0 aliphatic heterocycles. The molecule has 0 unspecified atom stereocenters. The van der Waals surface area contributed by atoms with Crippen LogP contribution in [0.5, 0.6) is 0 Å². The third-order valence-corrected chi connectivity index (χ3v) is 5.19.